The van der Waals surface area contributed by atoms with Crippen LogP contribution in [0, 0.1) is 0 Å². The van der Waals surface area contributed by atoms with E-state index in [4.69, 9.17) is 4.99 Å². The summed E-state index contributed by atoms with van der Waals surface area (Å²) in [5.74, 6) is -0.914. The van der Waals surface area contributed by atoms with Gasteiger partial charge in [0.05, 0.1) is 5.69 Å². The molecule has 10 rings (SSSR count). The summed E-state index contributed by atoms with van der Waals surface area (Å²) in [4.78, 5) is 46.6. The Kier molecular flexibility index (Phi) is 6.29. The highest BCUT2D eigenvalue weighted by Crippen LogP contribution is 2.29. The lowest BCUT2D eigenvalue weighted by atomic mass is 9.91. The molecule has 1 N–H and O–H groups in total. The molecular formula is C34H25N3O3S. The van der Waals surface area contributed by atoms with Gasteiger partial charge in [-0.3, -0.25) is 19.8 Å². The molecule has 0 fully saturated rings. The van der Waals surface area contributed by atoms with E-state index in [9.17, 15) is 14.4 Å². The SMILES string of the molecule is O=C(Nn1c2c(sc1=Nc1ccccc1)C(=O)c1ccccc1C2=O)c1cc2ccc1CCc1ccc(cc1)CC2. The first-order chi connectivity index (χ1) is 20.0. The van der Waals surface area contributed by atoms with Crippen molar-refractivity contribution in [2.24, 2.45) is 4.99 Å². The Balaban J connectivity index is 1.33. The van der Waals surface area contributed by atoms with Gasteiger partial charge in [-0.1, -0.05) is 90.2 Å². The molecule has 5 aliphatic rings. The lowest BCUT2D eigenvalue weighted by molar-refractivity contribution is 0.0969. The summed E-state index contributed by atoms with van der Waals surface area (Å²) in [6.07, 6.45) is 3.18. The number of carbonyl (C=O) groups is 3. The van der Waals surface area contributed by atoms with Crippen LogP contribution in [-0.4, -0.2) is 22.1 Å². The third kappa shape index (κ3) is 4.64. The Bertz CT molecular complexity index is 1920. The van der Waals surface area contributed by atoms with E-state index in [-0.39, 0.29) is 28.0 Å². The maximum atomic E-state index is 14.0. The first-order valence-corrected chi connectivity index (χ1v) is 14.4. The largest absolute Gasteiger partial charge is 0.288 e. The van der Waals surface area contributed by atoms with Crippen LogP contribution in [0.3, 0.4) is 0 Å². The van der Waals surface area contributed by atoms with E-state index in [1.807, 2.05) is 42.5 Å². The van der Waals surface area contributed by atoms with Crippen molar-refractivity contribution in [3.05, 3.63) is 151 Å². The number of hydrogen-bond donors (Lipinski definition) is 1. The summed E-state index contributed by atoms with van der Waals surface area (Å²) in [5, 5.41) is 0. The number of carbonyl (C=O) groups excluding carboxylic acids is 3. The Morgan fingerprint density at radius 3 is 2.05 bits per heavy atom. The summed E-state index contributed by atoms with van der Waals surface area (Å²) < 4.78 is 1.41. The van der Waals surface area contributed by atoms with E-state index >= 15 is 0 Å². The van der Waals surface area contributed by atoms with E-state index in [0.29, 0.717) is 33.6 Å². The molecule has 0 spiro atoms. The minimum Gasteiger partial charge on any atom is -0.288 e. The number of hydrogen-bond acceptors (Lipinski definition) is 5. The number of aryl methyl sites for hydroxylation is 4. The predicted octanol–water partition coefficient (Wildman–Crippen LogP) is 5.83. The lowest BCUT2D eigenvalue weighted by Crippen LogP contribution is -2.35. The lowest BCUT2D eigenvalue weighted by Gasteiger charge is -2.18. The smallest absolute Gasteiger partial charge is 0.270 e. The van der Waals surface area contributed by atoms with Crippen molar-refractivity contribution in [1.82, 2.24) is 4.68 Å². The maximum Gasteiger partial charge on any atom is 0.270 e. The number of para-hydroxylation sites is 1. The molecule has 200 valence electrons. The molecule has 4 bridgehead atoms. The zero-order valence-corrected chi connectivity index (χ0v) is 22.9. The second kappa shape index (κ2) is 10.3. The van der Waals surface area contributed by atoms with Crippen molar-refractivity contribution in [2.45, 2.75) is 25.7 Å². The number of benzene rings is 4. The minimum atomic E-state index is -0.345. The average Bonchev–Trinajstić information content (AvgIpc) is 3.35. The van der Waals surface area contributed by atoms with Gasteiger partial charge in [-0.05, 0) is 66.1 Å². The monoisotopic (exact) mass is 555 g/mol. The van der Waals surface area contributed by atoms with E-state index < -0.39 is 0 Å². The molecule has 0 atom stereocenters. The maximum absolute atomic E-state index is 14.0. The first-order valence-electron chi connectivity index (χ1n) is 13.6. The number of nitrogens with one attached hydrogen (secondary N) is 1. The zero-order valence-electron chi connectivity index (χ0n) is 22.1. The number of amides is 1. The Morgan fingerprint density at radius 2 is 1.32 bits per heavy atom. The Hall–Kier alpha value is -4.88. The fraction of sp³-hybridized carbons (Fsp3) is 0.118. The molecule has 0 unspecified atom stereocenters. The van der Waals surface area contributed by atoms with Gasteiger partial charge < -0.3 is 0 Å². The first kappa shape index (κ1) is 25.1. The molecule has 5 aromatic rings. The zero-order chi connectivity index (χ0) is 27.9. The summed E-state index contributed by atoms with van der Waals surface area (Å²) in [7, 11) is 0. The van der Waals surface area contributed by atoms with Gasteiger partial charge in [0.1, 0.15) is 10.6 Å². The molecule has 0 saturated carbocycles. The van der Waals surface area contributed by atoms with Crippen molar-refractivity contribution in [1.29, 1.82) is 0 Å². The highest BCUT2D eigenvalue weighted by Gasteiger charge is 2.35. The van der Waals surface area contributed by atoms with E-state index in [1.165, 1.54) is 15.8 Å². The quantitative estimate of drug-likeness (QED) is 0.299. The van der Waals surface area contributed by atoms with Gasteiger partial charge in [-0.15, -0.1) is 0 Å². The molecule has 6 nitrogen and oxygen atoms in total. The van der Waals surface area contributed by atoms with Crippen LogP contribution in [0.2, 0.25) is 0 Å². The van der Waals surface area contributed by atoms with Gasteiger partial charge in [-0.25, -0.2) is 9.67 Å². The normalized spacial score (nSPS) is 14.3. The molecule has 1 amide bonds. The van der Waals surface area contributed by atoms with Crippen molar-refractivity contribution in [3.8, 4) is 0 Å². The van der Waals surface area contributed by atoms with E-state index in [1.54, 1.807) is 24.3 Å². The van der Waals surface area contributed by atoms with Crippen LogP contribution in [0.5, 0.6) is 0 Å². The highest BCUT2D eigenvalue weighted by molar-refractivity contribution is 7.12. The van der Waals surface area contributed by atoms with Crippen LogP contribution in [0.1, 0.15) is 63.9 Å². The number of nitrogens with zero attached hydrogens (tertiary/aromatic N) is 2. The van der Waals surface area contributed by atoms with Gasteiger partial charge in [0.25, 0.3) is 5.91 Å². The number of aromatic nitrogens is 1. The fourth-order valence-corrected chi connectivity index (χ4v) is 6.52. The molecule has 7 heteroatoms. The van der Waals surface area contributed by atoms with Crippen LogP contribution < -0.4 is 10.2 Å². The Morgan fingerprint density at radius 1 is 0.707 bits per heavy atom. The minimum absolute atomic E-state index is 0.133. The molecular weight excluding hydrogens is 530 g/mol. The average molecular weight is 556 g/mol. The molecule has 0 radical (unpaired) electrons. The second-order valence-electron chi connectivity index (χ2n) is 10.3. The molecule has 4 aromatic carbocycles. The third-order valence-electron chi connectivity index (χ3n) is 7.68. The topological polar surface area (TPSA) is 80.5 Å². The van der Waals surface area contributed by atoms with Gasteiger partial charge in [0.2, 0.25) is 16.4 Å². The standard InChI is InChI=1S/C34H25N3O3S/c38-30-26-8-4-5-9-27(26)31(39)32-29(30)37(34(41-32)35-25-6-2-1-3-7-25)36-33(40)28-20-23-15-14-21-10-12-22(13-11-21)16-18-24(28)19-17-23/h1-13,17,19-20H,14-16,18H2,(H,36,40). The highest BCUT2D eigenvalue weighted by atomic mass is 32.1. The van der Waals surface area contributed by atoms with E-state index in [2.05, 4.69) is 35.8 Å². The number of ketones is 2. The van der Waals surface area contributed by atoms with Gasteiger partial charge in [0.15, 0.2) is 0 Å². The van der Waals surface area contributed by atoms with Crippen LogP contribution in [-0.2, 0) is 25.7 Å². The molecule has 0 aliphatic heterocycles. The molecule has 5 aliphatic carbocycles. The molecule has 0 saturated heterocycles. The number of thiazole rings is 1. The van der Waals surface area contributed by atoms with Crippen LogP contribution in [0.25, 0.3) is 0 Å². The van der Waals surface area contributed by atoms with Crippen molar-refractivity contribution in [2.75, 3.05) is 5.43 Å². The number of fused-ring (bicyclic) bond motifs is 2. The molecule has 1 aromatic heterocycles. The molecule has 1 heterocycles. The summed E-state index contributed by atoms with van der Waals surface area (Å²) in [6, 6.07) is 30.8. The van der Waals surface area contributed by atoms with Gasteiger partial charge in [-0.2, -0.15) is 0 Å². The van der Waals surface area contributed by atoms with Crippen LogP contribution in [0.4, 0.5) is 5.69 Å². The molecule has 41 heavy (non-hydrogen) atoms. The summed E-state index contributed by atoms with van der Waals surface area (Å²) in [6.45, 7) is 0. The summed E-state index contributed by atoms with van der Waals surface area (Å²) in [5.41, 5.74) is 9.46. The van der Waals surface area contributed by atoms with Gasteiger partial charge >= 0.3 is 0 Å². The van der Waals surface area contributed by atoms with E-state index in [0.717, 1.165) is 41.7 Å². The fourth-order valence-electron chi connectivity index (χ4n) is 5.47. The van der Waals surface area contributed by atoms with Crippen LogP contribution >= 0.6 is 11.3 Å². The van der Waals surface area contributed by atoms with Crippen molar-refractivity contribution in [3.63, 3.8) is 0 Å². The van der Waals surface area contributed by atoms with Crippen LogP contribution in [0.15, 0.2) is 102 Å². The van der Waals surface area contributed by atoms with Crippen molar-refractivity contribution >= 4 is 34.5 Å². The predicted molar refractivity (Wildman–Crippen MR) is 159 cm³/mol. The number of rotatable bonds is 3. The van der Waals surface area contributed by atoms with Gasteiger partial charge in [0, 0.05) is 16.7 Å². The second-order valence-corrected chi connectivity index (χ2v) is 11.3. The van der Waals surface area contributed by atoms with Crippen molar-refractivity contribution < 1.29 is 14.4 Å². The summed E-state index contributed by atoms with van der Waals surface area (Å²) >= 11 is 1.11. The Labute approximate surface area is 240 Å². The third-order valence-corrected chi connectivity index (χ3v) is 8.72.